The van der Waals surface area contributed by atoms with Crippen molar-refractivity contribution in [3.63, 3.8) is 0 Å². The number of alkyl halides is 1. The highest BCUT2D eigenvalue weighted by molar-refractivity contribution is 5.97. The molecule has 2 amide bonds. The number of halogens is 1. The monoisotopic (exact) mass is 453 g/mol. The lowest BCUT2D eigenvalue weighted by molar-refractivity contribution is -0.136. The SMILES string of the molecule is CC(C)[C@@H]1N(C(=O)C(F)C(c2cccc(OCc3ccccc3)c2)C2CC2)C(=O)OC1(C)C. The van der Waals surface area contributed by atoms with Crippen LogP contribution in [-0.4, -0.2) is 34.7 Å². The number of amides is 2. The Morgan fingerprint density at radius 2 is 1.85 bits per heavy atom. The van der Waals surface area contributed by atoms with Crippen LogP contribution >= 0.6 is 0 Å². The summed E-state index contributed by atoms with van der Waals surface area (Å²) in [6.45, 7) is 7.76. The largest absolute Gasteiger partial charge is 0.489 e. The molecule has 33 heavy (non-hydrogen) atoms. The molecule has 0 radical (unpaired) electrons. The molecule has 0 aromatic heterocycles. The number of nitrogens with zero attached hydrogens (tertiary/aromatic N) is 1. The van der Waals surface area contributed by atoms with Gasteiger partial charge in [0, 0.05) is 5.92 Å². The van der Waals surface area contributed by atoms with Crippen molar-refractivity contribution in [3.05, 3.63) is 65.7 Å². The summed E-state index contributed by atoms with van der Waals surface area (Å²) in [5, 5.41) is 0. The average Bonchev–Trinajstić information content (AvgIpc) is 3.56. The van der Waals surface area contributed by atoms with Crippen LogP contribution in [0.1, 0.15) is 57.6 Å². The summed E-state index contributed by atoms with van der Waals surface area (Å²) in [6.07, 6.45) is -0.876. The molecule has 3 atom stereocenters. The first kappa shape index (κ1) is 23.3. The van der Waals surface area contributed by atoms with Gasteiger partial charge in [-0.3, -0.25) is 4.79 Å². The van der Waals surface area contributed by atoms with E-state index >= 15 is 4.39 Å². The van der Waals surface area contributed by atoms with E-state index in [0.717, 1.165) is 28.9 Å². The molecule has 2 aliphatic rings. The molecule has 6 heteroatoms. The van der Waals surface area contributed by atoms with Crippen molar-refractivity contribution < 1.29 is 23.5 Å². The lowest BCUT2D eigenvalue weighted by atomic mass is 9.86. The number of carbonyl (C=O) groups is 2. The van der Waals surface area contributed by atoms with E-state index in [9.17, 15) is 9.59 Å². The summed E-state index contributed by atoms with van der Waals surface area (Å²) in [6, 6.07) is 16.6. The average molecular weight is 454 g/mol. The summed E-state index contributed by atoms with van der Waals surface area (Å²) in [4.78, 5) is 26.9. The van der Waals surface area contributed by atoms with Crippen molar-refractivity contribution in [2.75, 3.05) is 0 Å². The number of rotatable bonds is 8. The van der Waals surface area contributed by atoms with Gasteiger partial charge in [0.2, 0.25) is 0 Å². The van der Waals surface area contributed by atoms with Crippen LogP contribution < -0.4 is 4.74 Å². The predicted molar refractivity (Wildman–Crippen MR) is 124 cm³/mol. The Kier molecular flexibility index (Phi) is 6.46. The third-order valence-electron chi connectivity index (χ3n) is 6.58. The Labute approximate surface area is 194 Å². The van der Waals surface area contributed by atoms with Gasteiger partial charge < -0.3 is 9.47 Å². The fraction of sp³-hybridized carbons (Fsp3) is 0.481. The van der Waals surface area contributed by atoms with E-state index in [2.05, 4.69) is 0 Å². The highest BCUT2D eigenvalue weighted by atomic mass is 19.1. The standard InChI is InChI=1S/C27H32FNO4/c1-17(2)24-27(3,4)33-26(31)29(24)25(30)23(28)22(19-13-14-19)20-11-8-12-21(15-20)32-16-18-9-6-5-7-10-18/h5-12,15,17,19,22-24H,13-14,16H2,1-4H3/t22?,23?,24-/m0/s1. The lowest BCUT2D eigenvalue weighted by Crippen LogP contribution is -2.51. The molecule has 2 fully saturated rings. The van der Waals surface area contributed by atoms with E-state index in [4.69, 9.17) is 9.47 Å². The first-order valence-electron chi connectivity index (χ1n) is 11.7. The van der Waals surface area contributed by atoms with Gasteiger partial charge in [-0.1, -0.05) is 56.3 Å². The molecular weight excluding hydrogens is 421 g/mol. The Morgan fingerprint density at radius 1 is 1.15 bits per heavy atom. The number of carbonyl (C=O) groups excluding carboxylic acids is 2. The van der Waals surface area contributed by atoms with Crippen LogP contribution in [0.5, 0.6) is 5.75 Å². The van der Waals surface area contributed by atoms with E-state index in [1.165, 1.54) is 0 Å². The van der Waals surface area contributed by atoms with Crippen LogP contribution in [-0.2, 0) is 16.1 Å². The van der Waals surface area contributed by atoms with Gasteiger partial charge in [0.25, 0.3) is 5.91 Å². The third kappa shape index (κ3) is 4.90. The normalized spacial score (nSPS) is 21.6. The van der Waals surface area contributed by atoms with E-state index < -0.39 is 35.7 Å². The van der Waals surface area contributed by atoms with E-state index in [-0.39, 0.29) is 11.8 Å². The lowest BCUT2D eigenvalue weighted by Gasteiger charge is -2.32. The van der Waals surface area contributed by atoms with E-state index in [0.29, 0.717) is 12.4 Å². The van der Waals surface area contributed by atoms with Crippen molar-refractivity contribution in [2.45, 2.75) is 70.9 Å². The molecule has 0 spiro atoms. The zero-order valence-corrected chi connectivity index (χ0v) is 19.7. The summed E-state index contributed by atoms with van der Waals surface area (Å²) >= 11 is 0. The topological polar surface area (TPSA) is 55.8 Å². The van der Waals surface area contributed by atoms with Crippen LogP contribution in [0.2, 0.25) is 0 Å². The summed E-state index contributed by atoms with van der Waals surface area (Å²) in [7, 11) is 0. The molecular formula is C27H32FNO4. The Bertz CT molecular complexity index is 1000. The molecule has 2 unspecified atom stereocenters. The Balaban J connectivity index is 1.55. The number of hydrogen-bond acceptors (Lipinski definition) is 4. The molecule has 5 nitrogen and oxygen atoms in total. The van der Waals surface area contributed by atoms with Crippen LogP contribution in [0.4, 0.5) is 9.18 Å². The maximum Gasteiger partial charge on any atom is 0.417 e. The molecule has 1 saturated heterocycles. The van der Waals surface area contributed by atoms with Crippen LogP contribution in [0, 0.1) is 11.8 Å². The third-order valence-corrected chi connectivity index (χ3v) is 6.58. The second kappa shape index (κ2) is 9.16. The van der Waals surface area contributed by atoms with E-state index in [1.807, 2.05) is 68.4 Å². The summed E-state index contributed by atoms with van der Waals surface area (Å²) < 4.78 is 27.3. The quantitative estimate of drug-likeness (QED) is 0.501. The first-order valence-corrected chi connectivity index (χ1v) is 11.7. The summed E-state index contributed by atoms with van der Waals surface area (Å²) in [5.74, 6) is -0.795. The zero-order valence-electron chi connectivity index (χ0n) is 19.7. The fourth-order valence-corrected chi connectivity index (χ4v) is 5.06. The molecule has 2 aromatic carbocycles. The van der Waals surface area contributed by atoms with Crippen LogP contribution in [0.3, 0.4) is 0 Å². The van der Waals surface area contributed by atoms with E-state index in [1.54, 1.807) is 13.8 Å². The molecule has 0 bridgehead atoms. The molecule has 1 heterocycles. The molecule has 4 rings (SSSR count). The number of cyclic esters (lactones) is 1. The first-order chi connectivity index (χ1) is 15.7. The van der Waals surface area contributed by atoms with Gasteiger partial charge in [-0.05, 0) is 61.8 Å². The molecule has 176 valence electrons. The molecule has 0 N–H and O–H groups in total. The number of hydrogen-bond donors (Lipinski definition) is 0. The predicted octanol–water partition coefficient (Wildman–Crippen LogP) is 5.88. The van der Waals surface area contributed by atoms with Crippen molar-refractivity contribution in [1.29, 1.82) is 0 Å². The summed E-state index contributed by atoms with van der Waals surface area (Å²) in [5.41, 5.74) is 0.896. The van der Waals surface area contributed by atoms with Crippen molar-refractivity contribution in [3.8, 4) is 5.75 Å². The Morgan fingerprint density at radius 3 is 2.48 bits per heavy atom. The van der Waals surface area contributed by atoms with Crippen molar-refractivity contribution in [2.24, 2.45) is 11.8 Å². The molecule has 1 aliphatic heterocycles. The van der Waals surface area contributed by atoms with Crippen LogP contribution in [0.15, 0.2) is 54.6 Å². The minimum absolute atomic E-state index is 0.0586. The van der Waals surface area contributed by atoms with Gasteiger partial charge in [-0.2, -0.15) is 0 Å². The van der Waals surface area contributed by atoms with Crippen molar-refractivity contribution >= 4 is 12.0 Å². The highest BCUT2D eigenvalue weighted by Gasteiger charge is 2.55. The maximum atomic E-state index is 15.9. The zero-order chi connectivity index (χ0) is 23.8. The highest BCUT2D eigenvalue weighted by Crippen LogP contribution is 2.47. The molecule has 1 aliphatic carbocycles. The minimum atomic E-state index is -1.83. The number of benzene rings is 2. The number of ether oxygens (including phenoxy) is 2. The van der Waals surface area contributed by atoms with Gasteiger partial charge in [0.1, 0.15) is 18.0 Å². The molecule has 1 saturated carbocycles. The Hall–Kier alpha value is -2.89. The van der Waals surface area contributed by atoms with Gasteiger partial charge >= 0.3 is 6.09 Å². The van der Waals surface area contributed by atoms with Crippen LogP contribution in [0.25, 0.3) is 0 Å². The second-order valence-corrected chi connectivity index (χ2v) is 9.98. The fourth-order valence-electron chi connectivity index (χ4n) is 5.06. The molecule has 2 aromatic rings. The maximum absolute atomic E-state index is 15.9. The van der Waals surface area contributed by atoms with Crippen molar-refractivity contribution in [1.82, 2.24) is 4.90 Å². The second-order valence-electron chi connectivity index (χ2n) is 9.98. The smallest absolute Gasteiger partial charge is 0.417 e. The van der Waals surface area contributed by atoms with Gasteiger partial charge in [0.15, 0.2) is 6.17 Å². The van der Waals surface area contributed by atoms with Gasteiger partial charge in [0.05, 0.1) is 6.04 Å². The van der Waals surface area contributed by atoms with Gasteiger partial charge in [-0.25, -0.2) is 14.1 Å². The van der Waals surface area contributed by atoms with Gasteiger partial charge in [-0.15, -0.1) is 0 Å². The number of imide groups is 1. The minimum Gasteiger partial charge on any atom is -0.489 e.